The van der Waals surface area contributed by atoms with Gasteiger partial charge in [0.05, 0.1) is 13.7 Å². The summed E-state index contributed by atoms with van der Waals surface area (Å²) in [6.45, 7) is 3.82. The number of anilines is 1. The van der Waals surface area contributed by atoms with Crippen molar-refractivity contribution in [3.63, 3.8) is 0 Å². The molecule has 1 aliphatic heterocycles. The number of hydrogen-bond donors (Lipinski definition) is 5. The fourth-order valence-electron chi connectivity index (χ4n) is 6.45. The molecule has 6 atom stereocenters. The van der Waals surface area contributed by atoms with E-state index >= 15 is 0 Å². The number of esters is 2. The second-order valence-corrected chi connectivity index (χ2v) is 16.0. The normalized spacial score (nSPS) is 26.8. The van der Waals surface area contributed by atoms with Crippen LogP contribution in [-0.2, 0) is 32.9 Å². The van der Waals surface area contributed by atoms with Crippen molar-refractivity contribution in [3.05, 3.63) is 3.83 Å². The monoisotopic (exact) mass is 823 g/mol. The first-order valence-electron chi connectivity index (χ1n) is 16.7. The number of ether oxygens (including phenoxy) is 4. The van der Waals surface area contributed by atoms with Crippen molar-refractivity contribution in [2.45, 2.75) is 133 Å². The van der Waals surface area contributed by atoms with Crippen LogP contribution in [0.3, 0.4) is 0 Å². The van der Waals surface area contributed by atoms with E-state index in [0.29, 0.717) is 3.83 Å². The number of aliphatic hydroxyl groups excluding tert-OH is 1. The molecule has 6 N–H and O–H groups in total. The lowest BCUT2D eigenvalue weighted by atomic mass is 9.96. The zero-order valence-corrected chi connectivity index (χ0v) is 31.2. The van der Waals surface area contributed by atoms with Gasteiger partial charge in [-0.15, -0.1) is 0 Å². The lowest BCUT2D eigenvalue weighted by Crippen LogP contribution is -2.46. The average Bonchev–Trinajstić information content (AvgIpc) is 3.50. The Kier molecular flexibility index (Phi) is 12.4. The molecular formula is C30H47IN7O10P. The Bertz CT molecular complexity index is 1490. The van der Waals surface area contributed by atoms with Gasteiger partial charge in [-0.3, -0.25) is 18.7 Å². The summed E-state index contributed by atoms with van der Waals surface area (Å²) in [6.07, 6.45) is 4.51. The van der Waals surface area contributed by atoms with Crippen molar-refractivity contribution in [1.29, 1.82) is 0 Å². The number of fused-ring (bicyclic) bond motifs is 1. The molecule has 0 amide bonds. The highest BCUT2D eigenvalue weighted by atomic mass is 127. The van der Waals surface area contributed by atoms with E-state index in [4.69, 9.17) is 29.2 Å². The standard InChI is InChI=1S/C30H47IN7O10P/c1-16(25(40)46-18-11-7-5-8-12-18)36-49(43,37-17(2)26(41)47-19-13-9-6-10-14-19)45-15-20-22(39)30(3,42)27(48-20)38-23-21(33-28(38)31)24(44-4)35-29(32)34-23/h16-20,22,27,39,42H,5-15H2,1-4H3,(H2,32,34,35)(H2,36,37,43)/t16-,17-,20+,22+,27+,30+/m0/s1. The molecule has 3 heterocycles. The lowest BCUT2D eigenvalue weighted by Gasteiger charge is -2.29. The number of carbonyl (C=O) groups is 2. The van der Waals surface area contributed by atoms with E-state index in [-0.39, 0.29) is 35.2 Å². The van der Waals surface area contributed by atoms with E-state index < -0.39 is 62.3 Å². The molecule has 2 aromatic rings. The maximum atomic E-state index is 14.4. The fourth-order valence-corrected chi connectivity index (χ4v) is 8.98. The topological polar surface area (TPSA) is 231 Å². The third-order valence-electron chi connectivity index (χ3n) is 9.19. The van der Waals surface area contributed by atoms with E-state index in [1.807, 2.05) is 22.6 Å². The molecule has 0 bridgehead atoms. The number of carbonyl (C=O) groups excluding carboxylic acids is 2. The zero-order chi connectivity index (χ0) is 35.5. The molecule has 3 fully saturated rings. The summed E-state index contributed by atoms with van der Waals surface area (Å²) in [4.78, 5) is 38.8. The molecule has 0 spiro atoms. The number of methoxy groups -OCH3 is 1. The smallest absolute Gasteiger partial charge is 0.342 e. The molecule has 1 saturated heterocycles. The Labute approximate surface area is 298 Å². The molecule has 0 aromatic carbocycles. The Morgan fingerprint density at radius 3 is 2.06 bits per heavy atom. The Morgan fingerprint density at radius 2 is 1.55 bits per heavy atom. The number of hydrogen-bond acceptors (Lipinski definition) is 14. The summed E-state index contributed by atoms with van der Waals surface area (Å²) in [5, 5.41) is 28.2. The first kappa shape index (κ1) is 38.1. The van der Waals surface area contributed by atoms with Crippen LogP contribution in [0.2, 0.25) is 0 Å². The van der Waals surface area contributed by atoms with Crippen LogP contribution >= 0.6 is 30.3 Å². The van der Waals surface area contributed by atoms with Crippen LogP contribution < -0.4 is 20.6 Å². The van der Waals surface area contributed by atoms with Crippen LogP contribution in [-0.4, -0.2) is 97.5 Å². The van der Waals surface area contributed by atoms with Gasteiger partial charge < -0.3 is 39.4 Å². The van der Waals surface area contributed by atoms with E-state index in [1.165, 1.54) is 32.4 Å². The van der Waals surface area contributed by atoms with Crippen LogP contribution in [0, 0.1) is 3.83 Å². The van der Waals surface area contributed by atoms with Gasteiger partial charge in [-0.2, -0.15) is 9.97 Å². The lowest BCUT2D eigenvalue weighted by molar-refractivity contribution is -0.152. The highest BCUT2D eigenvalue weighted by molar-refractivity contribution is 14.1. The molecule has 17 nitrogen and oxygen atoms in total. The predicted molar refractivity (Wildman–Crippen MR) is 184 cm³/mol. The van der Waals surface area contributed by atoms with Crippen molar-refractivity contribution in [2.24, 2.45) is 0 Å². The molecule has 19 heteroatoms. The molecule has 0 radical (unpaired) electrons. The predicted octanol–water partition coefficient (Wildman–Crippen LogP) is 2.86. The maximum absolute atomic E-state index is 14.4. The molecule has 3 aliphatic rings. The van der Waals surface area contributed by atoms with Gasteiger partial charge in [0.1, 0.15) is 42.1 Å². The fraction of sp³-hybridized carbons (Fsp3) is 0.767. The van der Waals surface area contributed by atoms with Crippen molar-refractivity contribution in [3.8, 4) is 5.88 Å². The Balaban J connectivity index is 1.33. The number of nitrogens with two attached hydrogens (primary N) is 1. The van der Waals surface area contributed by atoms with Crippen LogP contribution in [0.25, 0.3) is 11.2 Å². The first-order chi connectivity index (χ1) is 23.2. The van der Waals surface area contributed by atoms with Crippen LogP contribution in [0.15, 0.2) is 0 Å². The number of aliphatic hydroxyl groups is 2. The summed E-state index contributed by atoms with van der Waals surface area (Å²) in [5.74, 6) is -1.23. The zero-order valence-electron chi connectivity index (χ0n) is 28.2. The van der Waals surface area contributed by atoms with Gasteiger partial charge in [0.25, 0.3) is 0 Å². The summed E-state index contributed by atoms with van der Waals surface area (Å²) >= 11 is 1.92. The van der Waals surface area contributed by atoms with Gasteiger partial charge in [0, 0.05) is 22.6 Å². The maximum Gasteiger partial charge on any atom is 0.342 e. The Hall–Kier alpha value is -2.19. The number of nitrogens with one attached hydrogen (secondary N) is 2. The average molecular weight is 824 g/mol. The van der Waals surface area contributed by atoms with Crippen LogP contribution in [0.1, 0.15) is 91.2 Å². The van der Waals surface area contributed by atoms with Gasteiger partial charge in [-0.25, -0.2) is 15.2 Å². The summed E-state index contributed by atoms with van der Waals surface area (Å²) in [6, 6.07) is -2.18. The van der Waals surface area contributed by atoms with Crippen LogP contribution in [0.4, 0.5) is 5.95 Å². The Morgan fingerprint density at radius 1 is 1.02 bits per heavy atom. The second-order valence-electron chi connectivity index (χ2n) is 13.2. The van der Waals surface area contributed by atoms with Gasteiger partial charge in [0.15, 0.2) is 21.2 Å². The minimum atomic E-state index is -4.26. The molecule has 2 aliphatic carbocycles. The quantitative estimate of drug-likeness (QED) is 0.0846. The molecular weight excluding hydrogens is 776 g/mol. The molecule has 5 rings (SSSR count). The summed E-state index contributed by atoms with van der Waals surface area (Å²) in [5.41, 5.74) is 4.42. The number of aromatic nitrogens is 4. The number of nitrogens with zero attached hydrogens (tertiary/aromatic N) is 4. The third kappa shape index (κ3) is 8.83. The van der Waals surface area contributed by atoms with E-state index in [2.05, 4.69) is 25.1 Å². The highest BCUT2D eigenvalue weighted by Gasteiger charge is 2.55. The molecule has 274 valence electrons. The first-order valence-corrected chi connectivity index (χ1v) is 19.4. The molecule has 2 aromatic heterocycles. The minimum absolute atomic E-state index is 0.106. The molecule has 2 saturated carbocycles. The summed E-state index contributed by atoms with van der Waals surface area (Å²) in [7, 11) is -2.86. The van der Waals surface area contributed by atoms with Crippen molar-refractivity contribution in [1.82, 2.24) is 29.7 Å². The third-order valence-corrected chi connectivity index (χ3v) is 11.9. The van der Waals surface area contributed by atoms with Gasteiger partial charge in [-0.05, 0) is 72.1 Å². The van der Waals surface area contributed by atoms with Gasteiger partial charge >= 0.3 is 19.6 Å². The van der Waals surface area contributed by atoms with E-state index in [9.17, 15) is 24.4 Å². The number of imidazole rings is 1. The van der Waals surface area contributed by atoms with E-state index in [1.54, 1.807) is 0 Å². The molecule has 49 heavy (non-hydrogen) atoms. The minimum Gasteiger partial charge on any atom is -0.479 e. The SMILES string of the molecule is COc1nc(N)nc2c1nc(I)n2[C@@H]1O[C@H](COP(=O)(N[C@@H](C)C(=O)OC2CCCCC2)N[C@@H](C)C(=O)OC2CCCCC2)[C@@H](O)[C@@]1(C)O. The van der Waals surface area contributed by atoms with Gasteiger partial charge in [-0.1, -0.05) is 12.8 Å². The molecule has 0 unspecified atom stereocenters. The number of nitrogen functional groups attached to an aromatic ring is 1. The number of halogens is 1. The van der Waals surface area contributed by atoms with Crippen molar-refractivity contribution in [2.75, 3.05) is 19.5 Å². The largest absolute Gasteiger partial charge is 0.479 e. The second kappa shape index (κ2) is 16.0. The van der Waals surface area contributed by atoms with Gasteiger partial charge in [0.2, 0.25) is 11.8 Å². The van der Waals surface area contributed by atoms with Crippen molar-refractivity contribution < 1.29 is 47.8 Å². The summed E-state index contributed by atoms with van der Waals surface area (Å²) < 4.78 is 44.8. The van der Waals surface area contributed by atoms with E-state index in [0.717, 1.165) is 64.2 Å². The highest BCUT2D eigenvalue weighted by Crippen LogP contribution is 2.45. The van der Waals surface area contributed by atoms with Crippen molar-refractivity contribution >= 4 is 59.3 Å². The van der Waals surface area contributed by atoms with Crippen LogP contribution in [0.5, 0.6) is 5.88 Å². The number of rotatable bonds is 13.